The summed E-state index contributed by atoms with van der Waals surface area (Å²) < 4.78 is 0. The zero-order chi connectivity index (χ0) is 12.2. The molecular weight excluding hydrogens is 280 g/mol. The summed E-state index contributed by atoms with van der Waals surface area (Å²) in [7, 11) is 0. The number of benzene rings is 1. The molecule has 0 amide bonds. The number of hydrogen-bond donors (Lipinski definition) is 0. The Balaban J connectivity index is 2.49. The standard InChI is InChI=1S/C14H21BrS/c1-11-5-12(2)7-13(6-11)8-16-10-14(3,4)9-15/h5-7H,8-10H2,1-4H3. The Bertz CT molecular complexity index is 324. The van der Waals surface area contributed by atoms with Crippen molar-refractivity contribution in [2.24, 2.45) is 5.41 Å². The van der Waals surface area contributed by atoms with E-state index in [1.54, 1.807) is 0 Å². The first kappa shape index (κ1) is 14.1. The van der Waals surface area contributed by atoms with Crippen molar-refractivity contribution in [1.29, 1.82) is 0 Å². The molecule has 1 rings (SSSR count). The van der Waals surface area contributed by atoms with Crippen molar-refractivity contribution in [3.63, 3.8) is 0 Å². The normalized spacial score (nSPS) is 11.8. The zero-order valence-corrected chi connectivity index (χ0v) is 13.0. The van der Waals surface area contributed by atoms with E-state index in [-0.39, 0.29) is 0 Å². The first-order valence-corrected chi connectivity index (χ1v) is 7.91. The van der Waals surface area contributed by atoms with Crippen LogP contribution in [0.2, 0.25) is 0 Å². The summed E-state index contributed by atoms with van der Waals surface area (Å²) in [6.45, 7) is 8.94. The fourth-order valence-corrected chi connectivity index (χ4v) is 3.26. The van der Waals surface area contributed by atoms with E-state index in [0.717, 1.165) is 11.1 Å². The van der Waals surface area contributed by atoms with Crippen molar-refractivity contribution in [3.8, 4) is 0 Å². The van der Waals surface area contributed by atoms with Gasteiger partial charge in [0.15, 0.2) is 0 Å². The molecule has 0 aliphatic heterocycles. The van der Waals surface area contributed by atoms with Crippen molar-refractivity contribution in [1.82, 2.24) is 0 Å². The Morgan fingerprint density at radius 1 is 1.12 bits per heavy atom. The highest BCUT2D eigenvalue weighted by molar-refractivity contribution is 9.09. The minimum atomic E-state index is 0.392. The van der Waals surface area contributed by atoms with Gasteiger partial charge in [-0.15, -0.1) is 0 Å². The maximum Gasteiger partial charge on any atom is 0.0184 e. The van der Waals surface area contributed by atoms with Crippen LogP contribution in [0.5, 0.6) is 0 Å². The van der Waals surface area contributed by atoms with E-state index < -0.39 is 0 Å². The summed E-state index contributed by atoms with van der Waals surface area (Å²) in [6.07, 6.45) is 0. The monoisotopic (exact) mass is 300 g/mol. The SMILES string of the molecule is Cc1cc(C)cc(CSCC(C)(C)CBr)c1. The number of hydrogen-bond acceptors (Lipinski definition) is 1. The van der Waals surface area contributed by atoms with Gasteiger partial charge in [0.1, 0.15) is 0 Å². The second-order valence-electron chi connectivity index (χ2n) is 5.29. The third-order valence-electron chi connectivity index (χ3n) is 2.40. The molecule has 0 spiro atoms. The molecule has 90 valence electrons. The maximum atomic E-state index is 3.57. The van der Waals surface area contributed by atoms with Gasteiger partial charge in [-0.1, -0.05) is 59.1 Å². The highest BCUT2D eigenvalue weighted by atomic mass is 79.9. The Morgan fingerprint density at radius 2 is 1.69 bits per heavy atom. The van der Waals surface area contributed by atoms with Crippen LogP contribution in [0.1, 0.15) is 30.5 Å². The van der Waals surface area contributed by atoms with E-state index in [0.29, 0.717) is 5.41 Å². The molecule has 0 aromatic heterocycles. The summed E-state index contributed by atoms with van der Waals surface area (Å²) in [4.78, 5) is 0. The van der Waals surface area contributed by atoms with E-state index >= 15 is 0 Å². The molecule has 0 aliphatic carbocycles. The Hall–Kier alpha value is 0.0500. The lowest BCUT2D eigenvalue weighted by Crippen LogP contribution is -2.16. The molecule has 1 aromatic rings. The second-order valence-corrected chi connectivity index (χ2v) is 6.83. The average Bonchev–Trinajstić information content (AvgIpc) is 2.16. The van der Waals surface area contributed by atoms with Crippen molar-refractivity contribution in [2.75, 3.05) is 11.1 Å². The van der Waals surface area contributed by atoms with E-state index in [1.807, 2.05) is 11.8 Å². The molecule has 0 saturated heterocycles. The topological polar surface area (TPSA) is 0 Å². The molecule has 0 atom stereocenters. The molecular formula is C14H21BrS. The molecule has 0 N–H and O–H groups in total. The van der Waals surface area contributed by atoms with E-state index in [9.17, 15) is 0 Å². The molecule has 0 saturated carbocycles. The number of alkyl halides is 1. The molecule has 0 aliphatic rings. The lowest BCUT2D eigenvalue weighted by Gasteiger charge is -2.20. The Labute approximate surface area is 112 Å². The highest BCUT2D eigenvalue weighted by Crippen LogP contribution is 2.26. The van der Waals surface area contributed by atoms with Crippen molar-refractivity contribution in [2.45, 2.75) is 33.4 Å². The zero-order valence-electron chi connectivity index (χ0n) is 10.6. The summed E-state index contributed by atoms with van der Waals surface area (Å²) in [5.74, 6) is 2.32. The summed E-state index contributed by atoms with van der Waals surface area (Å²) in [6, 6.07) is 6.82. The predicted molar refractivity (Wildman–Crippen MR) is 79.7 cm³/mol. The fourth-order valence-electron chi connectivity index (χ4n) is 1.64. The van der Waals surface area contributed by atoms with Crippen LogP contribution in [0, 0.1) is 19.3 Å². The van der Waals surface area contributed by atoms with Gasteiger partial charge in [-0.25, -0.2) is 0 Å². The summed E-state index contributed by atoms with van der Waals surface area (Å²) in [5, 5.41) is 1.07. The lowest BCUT2D eigenvalue weighted by molar-refractivity contribution is 0.496. The summed E-state index contributed by atoms with van der Waals surface area (Å²) in [5.41, 5.74) is 4.59. The van der Waals surface area contributed by atoms with Crippen LogP contribution in [0.4, 0.5) is 0 Å². The van der Waals surface area contributed by atoms with Gasteiger partial charge in [0.05, 0.1) is 0 Å². The van der Waals surface area contributed by atoms with Crippen LogP contribution in [0.15, 0.2) is 18.2 Å². The van der Waals surface area contributed by atoms with Gasteiger partial charge >= 0.3 is 0 Å². The van der Waals surface area contributed by atoms with Crippen LogP contribution in [0.3, 0.4) is 0 Å². The lowest BCUT2D eigenvalue weighted by atomic mass is 10.0. The fraction of sp³-hybridized carbons (Fsp3) is 0.571. The molecule has 1 aromatic carbocycles. The van der Waals surface area contributed by atoms with Gasteiger partial charge in [-0.3, -0.25) is 0 Å². The minimum absolute atomic E-state index is 0.392. The Morgan fingerprint density at radius 3 is 2.19 bits per heavy atom. The highest BCUT2D eigenvalue weighted by Gasteiger charge is 2.15. The minimum Gasteiger partial charge on any atom is -0.157 e. The van der Waals surface area contributed by atoms with Crippen molar-refractivity contribution in [3.05, 3.63) is 34.9 Å². The molecule has 0 nitrogen and oxygen atoms in total. The molecule has 16 heavy (non-hydrogen) atoms. The first-order valence-electron chi connectivity index (χ1n) is 5.64. The summed E-state index contributed by atoms with van der Waals surface area (Å²) >= 11 is 5.59. The second kappa shape index (κ2) is 6.11. The first-order chi connectivity index (χ1) is 7.43. The molecule has 0 heterocycles. The van der Waals surface area contributed by atoms with Gasteiger partial charge in [-0.2, -0.15) is 11.8 Å². The van der Waals surface area contributed by atoms with Crippen LogP contribution < -0.4 is 0 Å². The number of thioether (sulfide) groups is 1. The molecule has 0 unspecified atom stereocenters. The van der Waals surface area contributed by atoms with Gasteiger partial charge in [0.2, 0.25) is 0 Å². The third kappa shape index (κ3) is 4.92. The average molecular weight is 301 g/mol. The number of rotatable bonds is 5. The van der Waals surface area contributed by atoms with Crippen LogP contribution in [-0.2, 0) is 5.75 Å². The Kier molecular flexibility index (Phi) is 5.39. The smallest absolute Gasteiger partial charge is 0.0184 e. The number of aryl methyl sites for hydroxylation is 2. The molecule has 0 fully saturated rings. The molecule has 2 heteroatoms. The number of halogens is 1. The van der Waals surface area contributed by atoms with Crippen molar-refractivity contribution < 1.29 is 0 Å². The van der Waals surface area contributed by atoms with Gasteiger partial charge in [-0.05, 0) is 30.6 Å². The predicted octanol–water partition coefficient (Wildman–Crippen LogP) is 4.96. The maximum absolute atomic E-state index is 3.57. The van der Waals surface area contributed by atoms with E-state index in [1.165, 1.54) is 22.4 Å². The van der Waals surface area contributed by atoms with Gasteiger partial charge < -0.3 is 0 Å². The van der Waals surface area contributed by atoms with Crippen molar-refractivity contribution >= 4 is 27.7 Å². The third-order valence-corrected chi connectivity index (χ3v) is 5.45. The quantitative estimate of drug-likeness (QED) is 0.693. The van der Waals surface area contributed by atoms with E-state index in [4.69, 9.17) is 0 Å². The van der Waals surface area contributed by atoms with Crippen LogP contribution >= 0.6 is 27.7 Å². The molecule has 0 radical (unpaired) electrons. The molecule has 0 bridgehead atoms. The van der Waals surface area contributed by atoms with Gasteiger partial charge in [0, 0.05) is 11.1 Å². The largest absolute Gasteiger partial charge is 0.157 e. The van der Waals surface area contributed by atoms with Crippen LogP contribution in [0.25, 0.3) is 0 Å². The van der Waals surface area contributed by atoms with Crippen LogP contribution in [-0.4, -0.2) is 11.1 Å². The van der Waals surface area contributed by atoms with Gasteiger partial charge in [0.25, 0.3) is 0 Å². The van der Waals surface area contributed by atoms with E-state index in [2.05, 4.69) is 61.8 Å².